The first-order valence-electron chi connectivity index (χ1n) is 17.9. The third kappa shape index (κ3) is 3.86. The third-order valence-electron chi connectivity index (χ3n) is 14.5. The van der Waals surface area contributed by atoms with Crippen LogP contribution in [0.3, 0.4) is 0 Å². The van der Waals surface area contributed by atoms with Gasteiger partial charge in [-0.2, -0.15) is 0 Å². The molecule has 1 spiro atoms. The van der Waals surface area contributed by atoms with Crippen molar-refractivity contribution in [3.05, 3.63) is 29.8 Å². The lowest BCUT2D eigenvalue weighted by molar-refractivity contribution is -0.320. The first kappa shape index (κ1) is 33.7. The predicted molar refractivity (Wildman–Crippen MR) is 174 cm³/mol. The molecule has 7 fully saturated rings. The van der Waals surface area contributed by atoms with E-state index in [1.165, 1.54) is 0 Å². The summed E-state index contributed by atoms with van der Waals surface area (Å²) in [7, 11) is 6.70. The van der Waals surface area contributed by atoms with Crippen LogP contribution in [0.4, 0.5) is 5.69 Å². The zero-order chi connectivity index (χ0) is 34.8. The smallest absolute Gasteiger partial charge is 0.340 e. The van der Waals surface area contributed by atoms with E-state index in [2.05, 4.69) is 11.8 Å². The predicted octanol–water partition coefficient (Wildman–Crippen LogP) is 2.04. The summed E-state index contributed by atoms with van der Waals surface area (Å²) in [6.07, 6.45) is 0.813. The van der Waals surface area contributed by atoms with Crippen molar-refractivity contribution in [3.8, 4) is 0 Å². The Morgan fingerprint density at radius 1 is 1.04 bits per heavy atom. The highest BCUT2D eigenvalue weighted by molar-refractivity contribution is 6.22. The summed E-state index contributed by atoms with van der Waals surface area (Å²) in [4.78, 5) is 43.3. The number of hydrogen-bond donors (Lipinski definition) is 2. The topological polar surface area (TPSA) is 144 Å². The van der Waals surface area contributed by atoms with Crippen LogP contribution in [0.2, 0.25) is 0 Å². The van der Waals surface area contributed by atoms with Gasteiger partial charge in [-0.25, -0.2) is 9.69 Å². The Morgan fingerprint density at radius 3 is 2.43 bits per heavy atom. The molecule has 268 valence electrons. The quantitative estimate of drug-likeness (QED) is 0.292. The number of rotatable bonds is 9. The van der Waals surface area contributed by atoms with Crippen LogP contribution >= 0.6 is 0 Å². The van der Waals surface area contributed by atoms with Crippen LogP contribution in [0.25, 0.3) is 0 Å². The maximum Gasteiger partial charge on any atom is 0.340 e. The minimum atomic E-state index is -1.70. The van der Waals surface area contributed by atoms with E-state index in [0.29, 0.717) is 25.9 Å². The molecule has 12 nitrogen and oxygen atoms in total. The molecule has 5 saturated carbocycles. The number of fused-ring (bicyclic) bond motifs is 2. The Kier molecular flexibility index (Phi) is 7.75. The zero-order valence-electron chi connectivity index (χ0n) is 29.3. The molecule has 8 rings (SSSR count). The fourth-order valence-electron chi connectivity index (χ4n) is 13.2. The molecule has 0 unspecified atom stereocenters. The highest BCUT2D eigenvalue weighted by Crippen LogP contribution is 2.80. The van der Waals surface area contributed by atoms with Gasteiger partial charge in [0.25, 0.3) is 0 Å². The first-order valence-corrected chi connectivity index (χ1v) is 17.9. The Morgan fingerprint density at radius 2 is 1.80 bits per heavy atom. The molecule has 2 heterocycles. The molecule has 1 aromatic rings. The number of imide groups is 1. The molecule has 1 aromatic carbocycles. The van der Waals surface area contributed by atoms with Crippen molar-refractivity contribution in [2.24, 2.45) is 40.4 Å². The van der Waals surface area contributed by atoms with Gasteiger partial charge in [0.05, 0.1) is 48.3 Å². The van der Waals surface area contributed by atoms with Crippen LogP contribution in [0, 0.1) is 40.4 Å². The van der Waals surface area contributed by atoms with Crippen molar-refractivity contribution < 1.29 is 48.3 Å². The number of likely N-dealkylation sites (N-methyl/N-ethyl adjacent to an activating group) is 1. The molecule has 5 aliphatic carbocycles. The maximum atomic E-state index is 14.1. The molecular formula is C37H50N2O10. The number of carbonyl (C=O) groups excluding carboxylic acids is 3. The maximum absolute atomic E-state index is 14.1. The number of benzene rings is 1. The van der Waals surface area contributed by atoms with E-state index >= 15 is 0 Å². The number of hydrogen-bond acceptors (Lipinski definition) is 11. The summed E-state index contributed by atoms with van der Waals surface area (Å²) >= 11 is 0. The lowest BCUT2D eigenvalue weighted by Gasteiger charge is -2.70. The highest BCUT2D eigenvalue weighted by atomic mass is 16.5. The number of methoxy groups -OCH3 is 4. The van der Waals surface area contributed by atoms with Crippen molar-refractivity contribution in [2.75, 3.05) is 53.0 Å². The van der Waals surface area contributed by atoms with E-state index < -0.39 is 46.1 Å². The highest BCUT2D eigenvalue weighted by Gasteiger charge is 2.91. The van der Waals surface area contributed by atoms with E-state index in [1.807, 2.05) is 0 Å². The molecule has 49 heavy (non-hydrogen) atoms. The molecule has 12 heteroatoms. The molecule has 0 radical (unpaired) electrons. The monoisotopic (exact) mass is 682 g/mol. The summed E-state index contributed by atoms with van der Waals surface area (Å²) in [6.45, 7) is 4.95. The Balaban J connectivity index is 1.23. The number of nitrogens with zero attached hydrogens (tertiary/aromatic N) is 2. The van der Waals surface area contributed by atoms with E-state index in [0.717, 1.165) is 11.3 Å². The van der Waals surface area contributed by atoms with Crippen LogP contribution in [-0.2, 0) is 33.3 Å². The van der Waals surface area contributed by atoms with Crippen molar-refractivity contribution in [1.82, 2.24) is 4.90 Å². The van der Waals surface area contributed by atoms with Gasteiger partial charge in [0.15, 0.2) is 0 Å². The number of para-hydroxylation sites is 1. The average molecular weight is 683 g/mol. The van der Waals surface area contributed by atoms with Gasteiger partial charge >= 0.3 is 5.97 Å². The molecular weight excluding hydrogens is 632 g/mol. The summed E-state index contributed by atoms with van der Waals surface area (Å²) in [6, 6.07) is 6.12. The number of esters is 1. The lowest BCUT2D eigenvalue weighted by atomic mass is 9.42. The molecule has 2 saturated heterocycles. The third-order valence-corrected chi connectivity index (χ3v) is 14.5. The fraction of sp³-hybridized carbons (Fsp3) is 0.757. The minimum Gasteiger partial charge on any atom is -0.461 e. The number of piperidine rings is 1. The van der Waals surface area contributed by atoms with Gasteiger partial charge in [0.2, 0.25) is 11.8 Å². The SMILES string of the molecule is CCN1C[C@]2(COC(=O)c3ccccc3N3C(=O)C[C@H](C)C3=O)CC[C@H](OC)[C@]34[C@@H]5C[C@H]6[C@H](OC)[C@@H]5[C@](O)(C[C@@H]6OC)[C@@](O)([C@H]13)[C@@H](OC)[C@H]24. The Hall–Kier alpha value is -2.45. The molecule has 0 aromatic heterocycles. The lowest BCUT2D eigenvalue weighted by Crippen LogP contribution is -2.82. The molecule has 2 amide bonds. The van der Waals surface area contributed by atoms with Gasteiger partial charge in [-0.15, -0.1) is 0 Å². The van der Waals surface area contributed by atoms with E-state index in [4.69, 9.17) is 23.7 Å². The first-order chi connectivity index (χ1) is 23.4. The van der Waals surface area contributed by atoms with Crippen LogP contribution in [0.5, 0.6) is 0 Å². The number of likely N-dealkylation sites (tertiary alicyclic amines) is 1. The van der Waals surface area contributed by atoms with E-state index in [-0.39, 0.29) is 84.5 Å². The molecule has 14 atom stereocenters. The Labute approximate surface area is 287 Å². The number of amides is 2. The standard InChI is InChI=1S/C37H50N2O10/c1-7-38-17-34(18-49-32(42)20-10-8-9-11-23(20)39-26(40)14-19(2)31(39)41)13-12-25(46-4)36-22-15-21-24(45-3)16-35(43,27(22)28(21)47-5)37(44,33(36)38)30(48-6)29(34)36/h8-11,19,21-22,24-25,27-30,33,43-44H,7,12-18H2,1-6H3/t19-,21+,22+,24-,25-,27+,28-,29+,30-,33+,34-,35+,36-,37-/m0/s1. The van der Waals surface area contributed by atoms with Gasteiger partial charge in [-0.05, 0) is 43.9 Å². The normalized spacial score (nSPS) is 48.0. The van der Waals surface area contributed by atoms with Crippen molar-refractivity contribution in [3.63, 3.8) is 0 Å². The zero-order valence-corrected chi connectivity index (χ0v) is 29.3. The second-order valence-corrected chi connectivity index (χ2v) is 16.0. The number of ether oxygens (including phenoxy) is 5. The van der Waals surface area contributed by atoms with Gasteiger partial charge in [0.1, 0.15) is 11.2 Å². The molecule has 2 N–H and O–H groups in total. The molecule has 2 aliphatic heterocycles. The summed E-state index contributed by atoms with van der Waals surface area (Å²) in [5, 5.41) is 26.6. The minimum absolute atomic E-state index is 0.0358. The fourth-order valence-corrected chi connectivity index (χ4v) is 13.2. The summed E-state index contributed by atoms with van der Waals surface area (Å²) in [5.74, 6) is -2.47. The van der Waals surface area contributed by atoms with E-state index in [9.17, 15) is 24.6 Å². The Bertz CT molecular complexity index is 1560. The summed E-state index contributed by atoms with van der Waals surface area (Å²) in [5.41, 5.74) is -4.17. The number of anilines is 1. The van der Waals surface area contributed by atoms with Crippen LogP contribution in [-0.4, -0.2) is 123 Å². The van der Waals surface area contributed by atoms with Gasteiger partial charge < -0.3 is 33.9 Å². The number of carbonyl (C=O) groups is 3. The molecule has 7 bridgehead atoms. The average Bonchev–Trinajstić information content (AvgIpc) is 3.63. The largest absolute Gasteiger partial charge is 0.461 e. The second kappa shape index (κ2) is 11.3. The van der Waals surface area contributed by atoms with E-state index in [1.54, 1.807) is 59.6 Å². The van der Waals surface area contributed by atoms with Gasteiger partial charge in [-0.3, -0.25) is 14.5 Å². The van der Waals surface area contributed by atoms with Gasteiger partial charge in [-0.1, -0.05) is 26.0 Å². The second-order valence-electron chi connectivity index (χ2n) is 16.0. The van der Waals surface area contributed by atoms with Crippen molar-refractivity contribution >= 4 is 23.5 Å². The van der Waals surface area contributed by atoms with Crippen molar-refractivity contribution in [2.45, 2.75) is 87.6 Å². The summed E-state index contributed by atoms with van der Waals surface area (Å²) < 4.78 is 31.4. The van der Waals surface area contributed by atoms with Gasteiger partial charge in [0, 0.05) is 82.3 Å². The molecule has 7 aliphatic rings. The van der Waals surface area contributed by atoms with Crippen LogP contribution in [0.1, 0.15) is 56.3 Å². The van der Waals surface area contributed by atoms with Crippen LogP contribution in [0.15, 0.2) is 24.3 Å². The number of aliphatic hydroxyl groups is 2. The van der Waals surface area contributed by atoms with Crippen LogP contribution < -0.4 is 4.90 Å². The van der Waals surface area contributed by atoms with Crippen molar-refractivity contribution in [1.29, 1.82) is 0 Å².